The molecule has 0 atom stereocenters. The molecular formula is C17H22F3IN4O2S. The molecule has 6 nitrogen and oxygen atoms in total. The third-order valence-electron chi connectivity index (χ3n) is 3.55. The Balaban J connectivity index is 0.00000392. The minimum Gasteiger partial charge on any atom is -0.504 e. The first-order valence-electron chi connectivity index (χ1n) is 8.23. The van der Waals surface area contributed by atoms with Crippen LogP contribution in [0.15, 0.2) is 28.6 Å². The van der Waals surface area contributed by atoms with Crippen LogP contribution >= 0.6 is 35.3 Å². The Morgan fingerprint density at radius 1 is 1.32 bits per heavy atom. The summed E-state index contributed by atoms with van der Waals surface area (Å²) in [5.74, 6) is 0.951. The Morgan fingerprint density at radius 3 is 2.68 bits per heavy atom. The molecule has 28 heavy (non-hydrogen) atoms. The van der Waals surface area contributed by atoms with E-state index >= 15 is 0 Å². The summed E-state index contributed by atoms with van der Waals surface area (Å²) in [6, 6.07) is 5.24. The molecule has 11 heteroatoms. The fourth-order valence-corrected chi connectivity index (χ4v) is 2.98. The minimum absolute atomic E-state index is 0. The highest BCUT2D eigenvalue weighted by Gasteiger charge is 2.33. The number of phenolic OH excluding ortho intramolecular Hbond substituents is 1. The molecule has 0 fully saturated rings. The topological polar surface area (TPSA) is 78.8 Å². The Morgan fingerprint density at radius 2 is 2.07 bits per heavy atom. The van der Waals surface area contributed by atoms with Crippen molar-refractivity contribution < 1.29 is 23.0 Å². The number of aromatic nitrogens is 1. The van der Waals surface area contributed by atoms with Crippen LogP contribution in [-0.2, 0) is 19.1 Å². The second-order valence-corrected chi connectivity index (χ2v) is 6.41. The molecule has 2 rings (SSSR count). The van der Waals surface area contributed by atoms with Crippen molar-refractivity contribution in [2.45, 2.75) is 26.1 Å². The maximum absolute atomic E-state index is 12.6. The van der Waals surface area contributed by atoms with Crippen molar-refractivity contribution in [1.29, 1.82) is 0 Å². The minimum atomic E-state index is -4.44. The molecule has 0 aliphatic heterocycles. The number of halogens is 4. The van der Waals surface area contributed by atoms with E-state index in [1.807, 2.05) is 6.92 Å². The van der Waals surface area contributed by atoms with Gasteiger partial charge in [-0.3, -0.25) is 0 Å². The molecule has 156 valence electrons. The summed E-state index contributed by atoms with van der Waals surface area (Å²) in [6.07, 6.45) is -3.93. The molecule has 0 spiro atoms. The van der Waals surface area contributed by atoms with Crippen LogP contribution in [0.5, 0.6) is 11.5 Å². The summed E-state index contributed by atoms with van der Waals surface area (Å²) in [7, 11) is 1.48. The number of thiazole rings is 1. The van der Waals surface area contributed by atoms with E-state index in [2.05, 4.69) is 20.6 Å². The highest BCUT2D eigenvalue weighted by atomic mass is 127. The number of alkyl halides is 3. The number of guanidine groups is 1. The van der Waals surface area contributed by atoms with Crippen molar-refractivity contribution in [3.05, 3.63) is 39.8 Å². The molecule has 0 bridgehead atoms. The molecule has 0 saturated heterocycles. The number of aromatic hydroxyl groups is 1. The predicted octanol–water partition coefficient (Wildman–Crippen LogP) is 3.79. The van der Waals surface area contributed by atoms with Gasteiger partial charge in [-0.1, -0.05) is 12.1 Å². The van der Waals surface area contributed by atoms with Gasteiger partial charge in [0.25, 0.3) is 0 Å². The average Bonchev–Trinajstić information content (AvgIpc) is 3.10. The van der Waals surface area contributed by atoms with Gasteiger partial charge in [0.2, 0.25) is 0 Å². The van der Waals surface area contributed by atoms with E-state index in [-0.39, 0.29) is 41.3 Å². The second-order valence-electron chi connectivity index (χ2n) is 5.46. The normalized spacial score (nSPS) is 11.7. The van der Waals surface area contributed by atoms with Crippen LogP contribution in [0.4, 0.5) is 13.2 Å². The lowest BCUT2D eigenvalue weighted by Gasteiger charge is -2.12. The Hall–Kier alpha value is -1.76. The van der Waals surface area contributed by atoms with Gasteiger partial charge in [-0.2, -0.15) is 13.2 Å². The molecule has 1 aromatic carbocycles. The van der Waals surface area contributed by atoms with Gasteiger partial charge in [0, 0.05) is 18.5 Å². The number of para-hydroxylation sites is 1. The van der Waals surface area contributed by atoms with Crippen LogP contribution in [0.3, 0.4) is 0 Å². The zero-order valence-corrected chi connectivity index (χ0v) is 18.5. The van der Waals surface area contributed by atoms with Gasteiger partial charge in [0.15, 0.2) is 23.2 Å². The largest absolute Gasteiger partial charge is 0.504 e. The Kier molecular flexibility index (Phi) is 9.79. The van der Waals surface area contributed by atoms with Crippen LogP contribution in [-0.4, -0.2) is 36.2 Å². The number of phenols is 1. The predicted molar refractivity (Wildman–Crippen MR) is 114 cm³/mol. The summed E-state index contributed by atoms with van der Waals surface area (Å²) in [4.78, 5) is 7.81. The van der Waals surface area contributed by atoms with Crippen LogP contribution in [0.1, 0.15) is 23.2 Å². The molecule has 0 amide bonds. The quantitative estimate of drug-likeness (QED) is 0.289. The maximum atomic E-state index is 12.6. The van der Waals surface area contributed by atoms with Gasteiger partial charge >= 0.3 is 6.18 Å². The number of hydrogen-bond donors (Lipinski definition) is 3. The summed E-state index contributed by atoms with van der Waals surface area (Å²) < 4.78 is 42.8. The number of nitrogens with zero attached hydrogens (tertiary/aromatic N) is 2. The Labute approximate surface area is 182 Å². The summed E-state index contributed by atoms with van der Waals surface area (Å²) in [5.41, 5.74) is -0.184. The third kappa shape index (κ3) is 7.00. The summed E-state index contributed by atoms with van der Waals surface area (Å²) in [5, 5.41) is 17.4. The standard InChI is InChI=1S/C17H21F3N4O2S.HI/c1-3-21-16(23-9-14-24-13(10-27-14)17(18,19)20)22-8-7-11-5-4-6-12(26-2)15(11)25;/h4-6,10,25H,3,7-9H2,1-2H3,(H2,21,22,23);1H. The average molecular weight is 530 g/mol. The number of hydrogen-bond acceptors (Lipinski definition) is 5. The SMILES string of the molecule is CCNC(=NCc1nc(C(F)(F)F)cs1)NCCc1cccc(OC)c1O.I. The van der Waals surface area contributed by atoms with Crippen LogP contribution in [0.2, 0.25) is 0 Å². The first kappa shape index (κ1) is 24.3. The lowest BCUT2D eigenvalue weighted by molar-refractivity contribution is -0.140. The molecule has 1 heterocycles. The van der Waals surface area contributed by atoms with Gasteiger partial charge in [0.05, 0.1) is 13.7 Å². The highest BCUT2D eigenvalue weighted by Crippen LogP contribution is 2.30. The lowest BCUT2D eigenvalue weighted by atomic mass is 10.1. The first-order valence-corrected chi connectivity index (χ1v) is 9.11. The van der Waals surface area contributed by atoms with E-state index < -0.39 is 11.9 Å². The Bertz CT molecular complexity index is 784. The molecule has 0 aliphatic carbocycles. The van der Waals surface area contributed by atoms with Crippen LogP contribution < -0.4 is 15.4 Å². The molecule has 0 aliphatic rings. The van der Waals surface area contributed by atoms with Gasteiger partial charge in [-0.05, 0) is 25.0 Å². The monoisotopic (exact) mass is 530 g/mol. The number of aliphatic imine (C=N–C) groups is 1. The second kappa shape index (κ2) is 11.3. The van der Waals surface area contributed by atoms with Gasteiger partial charge in [0.1, 0.15) is 5.01 Å². The highest BCUT2D eigenvalue weighted by molar-refractivity contribution is 14.0. The number of rotatable bonds is 7. The molecule has 0 radical (unpaired) electrons. The molecule has 1 aromatic heterocycles. The van der Waals surface area contributed by atoms with Crippen molar-refractivity contribution in [3.8, 4) is 11.5 Å². The molecule has 3 N–H and O–H groups in total. The fraction of sp³-hybridized carbons (Fsp3) is 0.412. The van der Waals surface area contributed by atoms with Crippen molar-refractivity contribution in [2.24, 2.45) is 4.99 Å². The number of benzene rings is 1. The maximum Gasteiger partial charge on any atom is 0.434 e. The van der Waals surface area contributed by atoms with Crippen molar-refractivity contribution in [1.82, 2.24) is 15.6 Å². The number of nitrogens with one attached hydrogen (secondary N) is 2. The molecular weight excluding hydrogens is 508 g/mol. The van der Waals surface area contributed by atoms with Gasteiger partial charge in [-0.25, -0.2) is 9.98 Å². The van der Waals surface area contributed by atoms with Crippen molar-refractivity contribution in [2.75, 3.05) is 20.2 Å². The van der Waals surface area contributed by atoms with Crippen LogP contribution in [0.25, 0.3) is 0 Å². The first-order chi connectivity index (χ1) is 12.8. The zero-order valence-electron chi connectivity index (χ0n) is 15.3. The number of ether oxygens (including phenoxy) is 1. The molecule has 0 unspecified atom stereocenters. The lowest BCUT2D eigenvalue weighted by Crippen LogP contribution is -2.38. The van der Waals surface area contributed by atoms with Crippen molar-refractivity contribution in [3.63, 3.8) is 0 Å². The molecule has 0 saturated carbocycles. The third-order valence-corrected chi connectivity index (χ3v) is 4.38. The van der Waals surface area contributed by atoms with E-state index in [0.29, 0.717) is 36.8 Å². The van der Waals surface area contributed by atoms with Crippen molar-refractivity contribution >= 4 is 41.3 Å². The zero-order chi connectivity index (χ0) is 19.9. The summed E-state index contributed by atoms with van der Waals surface area (Å²) >= 11 is 0.923. The fourth-order valence-electron chi connectivity index (χ4n) is 2.25. The van der Waals surface area contributed by atoms with Crippen LogP contribution in [0, 0.1) is 0 Å². The van der Waals surface area contributed by atoms with E-state index in [1.54, 1.807) is 18.2 Å². The van der Waals surface area contributed by atoms with E-state index in [9.17, 15) is 18.3 Å². The summed E-state index contributed by atoms with van der Waals surface area (Å²) in [6.45, 7) is 3.00. The van der Waals surface area contributed by atoms with E-state index in [0.717, 1.165) is 16.7 Å². The number of methoxy groups -OCH3 is 1. The van der Waals surface area contributed by atoms with Gasteiger partial charge < -0.3 is 20.5 Å². The smallest absolute Gasteiger partial charge is 0.434 e. The van der Waals surface area contributed by atoms with E-state index in [1.165, 1.54) is 7.11 Å². The molecule has 2 aromatic rings. The van der Waals surface area contributed by atoms with Gasteiger partial charge in [-0.15, -0.1) is 35.3 Å². The van der Waals surface area contributed by atoms with E-state index in [4.69, 9.17) is 4.74 Å².